The standard InChI is InChI=1S/C37H64N4O4/c1-24-13-5-9-17-30(24)38-34(42)22-21-28(36(44)40-32-19-11-7-15-26(32)3)29(37(45)41-33-20-12-8-16-27(33)4)23-35(43)39-31-18-10-6-14-25(31)2/h24-33H,5-23H2,1-4H3,(H,38,42)(H,39,43)(H,40,44)(H,41,45). The average molecular weight is 629 g/mol. The fourth-order valence-corrected chi connectivity index (χ4v) is 8.67. The van der Waals surface area contributed by atoms with E-state index in [1.54, 1.807) is 0 Å². The van der Waals surface area contributed by atoms with Crippen LogP contribution in [0.3, 0.4) is 0 Å². The maximum atomic E-state index is 14.2. The molecule has 0 spiro atoms. The van der Waals surface area contributed by atoms with E-state index >= 15 is 0 Å². The highest BCUT2D eigenvalue weighted by molar-refractivity contribution is 5.92. The molecule has 4 amide bonds. The maximum absolute atomic E-state index is 14.2. The highest BCUT2D eigenvalue weighted by atomic mass is 16.2. The summed E-state index contributed by atoms with van der Waals surface area (Å²) in [6, 6.07) is 0.377. The van der Waals surface area contributed by atoms with Crippen molar-refractivity contribution in [2.75, 3.05) is 0 Å². The lowest BCUT2D eigenvalue weighted by Crippen LogP contribution is -2.52. The van der Waals surface area contributed by atoms with Gasteiger partial charge in [0.25, 0.3) is 0 Å². The van der Waals surface area contributed by atoms with Gasteiger partial charge in [0.05, 0.1) is 11.8 Å². The van der Waals surface area contributed by atoms with Gasteiger partial charge in [-0.05, 0) is 81.5 Å². The summed E-state index contributed by atoms with van der Waals surface area (Å²) >= 11 is 0. The van der Waals surface area contributed by atoms with Gasteiger partial charge < -0.3 is 21.3 Å². The molecule has 8 nitrogen and oxygen atoms in total. The second kappa shape index (κ2) is 17.7. The SMILES string of the molecule is CC1CCCCC1NC(=O)CCC(C(=O)NC1CCCCC1C)C(CC(=O)NC1CCCCC1C)C(=O)NC1CCCCC1C. The topological polar surface area (TPSA) is 116 Å². The summed E-state index contributed by atoms with van der Waals surface area (Å²) in [6.45, 7) is 8.75. The molecule has 8 heteroatoms. The van der Waals surface area contributed by atoms with Crippen LogP contribution in [-0.4, -0.2) is 47.8 Å². The predicted octanol–water partition coefficient (Wildman–Crippen LogP) is 6.17. The summed E-state index contributed by atoms with van der Waals surface area (Å²) < 4.78 is 0. The maximum Gasteiger partial charge on any atom is 0.224 e. The van der Waals surface area contributed by atoms with E-state index in [9.17, 15) is 19.2 Å². The lowest BCUT2D eigenvalue weighted by Gasteiger charge is -2.35. The van der Waals surface area contributed by atoms with Crippen molar-refractivity contribution in [3.63, 3.8) is 0 Å². The average Bonchev–Trinajstić information content (AvgIpc) is 3.01. The molecule has 0 aromatic heterocycles. The fraction of sp³-hybridized carbons (Fsp3) is 0.892. The van der Waals surface area contributed by atoms with Gasteiger partial charge in [-0.25, -0.2) is 0 Å². The zero-order chi connectivity index (χ0) is 32.3. The Balaban J connectivity index is 1.53. The van der Waals surface area contributed by atoms with Crippen LogP contribution in [-0.2, 0) is 19.2 Å². The molecule has 0 radical (unpaired) electrons. The molecule has 10 unspecified atom stereocenters. The minimum absolute atomic E-state index is 0.0320. The van der Waals surface area contributed by atoms with E-state index in [2.05, 4.69) is 49.0 Å². The Bertz CT molecular complexity index is 987. The summed E-state index contributed by atoms with van der Waals surface area (Å²) in [5.74, 6) is -0.604. The number of hydrogen-bond acceptors (Lipinski definition) is 4. The van der Waals surface area contributed by atoms with Crippen molar-refractivity contribution in [3.05, 3.63) is 0 Å². The van der Waals surface area contributed by atoms with Gasteiger partial charge in [0.15, 0.2) is 0 Å². The van der Waals surface area contributed by atoms with E-state index in [4.69, 9.17) is 0 Å². The molecule has 45 heavy (non-hydrogen) atoms. The molecule has 0 aliphatic heterocycles. The second-order valence-electron chi connectivity index (χ2n) is 15.6. The molecule has 4 aliphatic carbocycles. The molecule has 0 aromatic carbocycles. The van der Waals surface area contributed by atoms with Crippen molar-refractivity contribution in [1.82, 2.24) is 21.3 Å². The van der Waals surface area contributed by atoms with Gasteiger partial charge >= 0.3 is 0 Å². The lowest BCUT2D eigenvalue weighted by molar-refractivity contribution is -0.139. The second-order valence-corrected chi connectivity index (χ2v) is 15.6. The van der Waals surface area contributed by atoms with E-state index in [1.807, 2.05) is 0 Å². The zero-order valence-electron chi connectivity index (χ0n) is 28.8. The molecular formula is C37H64N4O4. The van der Waals surface area contributed by atoms with Gasteiger partial charge in [0, 0.05) is 37.0 Å². The Labute approximate surface area is 273 Å². The molecule has 0 aromatic rings. The molecule has 10 atom stereocenters. The first-order valence-electron chi connectivity index (χ1n) is 18.8. The minimum atomic E-state index is -0.821. The van der Waals surface area contributed by atoms with Crippen LogP contribution in [0.25, 0.3) is 0 Å². The normalized spacial score (nSPS) is 33.7. The minimum Gasteiger partial charge on any atom is -0.353 e. The molecule has 4 aliphatic rings. The Hall–Kier alpha value is -2.12. The molecule has 4 rings (SSSR count). The van der Waals surface area contributed by atoms with E-state index in [0.29, 0.717) is 23.7 Å². The van der Waals surface area contributed by atoms with Gasteiger partial charge in [0.2, 0.25) is 23.6 Å². The summed E-state index contributed by atoms with van der Waals surface area (Å²) in [4.78, 5) is 55.3. The van der Waals surface area contributed by atoms with E-state index < -0.39 is 11.8 Å². The first kappa shape index (κ1) is 35.7. The van der Waals surface area contributed by atoms with Crippen LogP contribution in [0, 0.1) is 35.5 Å². The number of carbonyl (C=O) groups excluding carboxylic acids is 4. The number of hydrogen-bond donors (Lipinski definition) is 4. The molecule has 256 valence electrons. The van der Waals surface area contributed by atoms with Gasteiger partial charge in [-0.1, -0.05) is 79.1 Å². The van der Waals surface area contributed by atoms with Crippen LogP contribution in [0.1, 0.15) is 150 Å². The summed E-state index contributed by atoms with van der Waals surface area (Å²) in [7, 11) is 0. The van der Waals surface area contributed by atoms with Gasteiger partial charge in [-0.2, -0.15) is 0 Å². The highest BCUT2D eigenvalue weighted by Crippen LogP contribution is 2.30. The third-order valence-corrected chi connectivity index (χ3v) is 12.0. The zero-order valence-corrected chi connectivity index (χ0v) is 28.8. The molecule has 0 bridgehead atoms. The van der Waals surface area contributed by atoms with Gasteiger partial charge in [-0.3, -0.25) is 19.2 Å². The Morgan fingerprint density at radius 2 is 0.800 bits per heavy atom. The van der Waals surface area contributed by atoms with E-state index in [1.165, 1.54) is 19.3 Å². The first-order valence-corrected chi connectivity index (χ1v) is 18.8. The smallest absolute Gasteiger partial charge is 0.224 e. The van der Waals surface area contributed by atoms with Crippen molar-refractivity contribution in [1.29, 1.82) is 0 Å². The third kappa shape index (κ3) is 10.7. The highest BCUT2D eigenvalue weighted by Gasteiger charge is 2.39. The number of carbonyl (C=O) groups is 4. The quantitative estimate of drug-likeness (QED) is 0.207. The first-order chi connectivity index (χ1) is 21.6. The monoisotopic (exact) mass is 628 g/mol. The Morgan fingerprint density at radius 1 is 0.467 bits per heavy atom. The van der Waals surface area contributed by atoms with Crippen molar-refractivity contribution < 1.29 is 19.2 Å². The molecule has 4 saturated carbocycles. The van der Waals surface area contributed by atoms with E-state index in [0.717, 1.165) is 83.5 Å². The van der Waals surface area contributed by atoms with Crippen molar-refractivity contribution >= 4 is 23.6 Å². The Morgan fingerprint density at radius 3 is 1.20 bits per heavy atom. The fourth-order valence-electron chi connectivity index (χ4n) is 8.67. The molecule has 0 heterocycles. The molecule has 4 N–H and O–H groups in total. The lowest BCUT2D eigenvalue weighted by atomic mass is 9.80. The van der Waals surface area contributed by atoms with Crippen LogP contribution in [0.2, 0.25) is 0 Å². The summed E-state index contributed by atoms with van der Waals surface area (Å²) in [6.07, 6.45) is 17.6. The van der Waals surface area contributed by atoms with Crippen LogP contribution < -0.4 is 21.3 Å². The van der Waals surface area contributed by atoms with Crippen LogP contribution in [0.15, 0.2) is 0 Å². The molecule has 4 fully saturated rings. The summed E-state index contributed by atoms with van der Waals surface area (Å²) in [5.41, 5.74) is 0. The number of amides is 4. The van der Waals surface area contributed by atoms with E-state index in [-0.39, 0.29) is 67.1 Å². The van der Waals surface area contributed by atoms with Crippen LogP contribution in [0.5, 0.6) is 0 Å². The third-order valence-electron chi connectivity index (χ3n) is 12.0. The van der Waals surface area contributed by atoms with Crippen LogP contribution in [0.4, 0.5) is 0 Å². The molecular weight excluding hydrogens is 564 g/mol. The van der Waals surface area contributed by atoms with Crippen molar-refractivity contribution in [2.45, 2.75) is 174 Å². The summed E-state index contributed by atoms with van der Waals surface area (Å²) in [5, 5.41) is 13.1. The van der Waals surface area contributed by atoms with Gasteiger partial charge in [0.1, 0.15) is 0 Å². The van der Waals surface area contributed by atoms with Gasteiger partial charge in [-0.15, -0.1) is 0 Å². The van der Waals surface area contributed by atoms with Crippen molar-refractivity contribution in [2.24, 2.45) is 35.5 Å². The van der Waals surface area contributed by atoms with Crippen molar-refractivity contribution in [3.8, 4) is 0 Å². The predicted molar refractivity (Wildman–Crippen MR) is 179 cm³/mol. The number of rotatable bonds is 12. The number of nitrogens with one attached hydrogen (secondary N) is 4. The van der Waals surface area contributed by atoms with Crippen LogP contribution >= 0.6 is 0 Å². The molecule has 0 saturated heterocycles. The Kier molecular flexibility index (Phi) is 14.1. The largest absolute Gasteiger partial charge is 0.353 e.